The fourth-order valence-electron chi connectivity index (χ4n) is 1.66. The molecule has 0 aliphatic carbocycles. The molecular formula is C12H15NO2. The molecule has 0 spiro atoms. The molecule has 0 aliphatic rings. The molecule has 1 atom stereocenters. The van der Waals surface area contributed by atoms with E-state index >= 15 is 0 Å². The van der Waals surface area contributed by atoms with Crippen LogP contribution in [0.1, 0.15) is 23.6 Å². The highest BCUT2D eigenvalue weighted by atomic mass is 16.5. The van der Waals surface area contributed by atoms with Gasteiger partial charge >= 0.3 is 0 Å². The summed E-state index contributed by atoms with van der Waals surface area (Å²) in [4.78, 5) is 0. The number of aliphatic hydroxyl groups excluding tert-OH is 1. The number of hydrogen-bond donors (Lipinski definition) is 1. The first kappa shape index (κ1) is 11.5. The van der Waals surface area contributed by atoms with Crippen LogP contribution in [0.3, 0.4) is 0 Å². The van der Waals surface area contributed by atoms with E-state index in [-0.39, 0.29) is 0 Å². The van der Waals surface area contributed by atoms with Crippen LogP contribution in [0.15, 0.2) is 12.1 Å². The maximum absolute atomic E-state index is 9.27. The molecule has 1 N–H and O–H groups in total. The van der Waals surface area contributed by atoms with Crippen LogP contribution < -0.4 is 4.74 Å². The van der Waals surface area contributed by atoms with Gasteiger partial charge in [0.15, 0.2) is 0 Å². The van der Waals surface area contributed by atoms with Gasteiger partial charge in [0, 0.05) is 0 Å². The predicted molar refractivity (Wildman–Crippen MR) is 57.8 cm³/mol. The fourth-order valence-corrected chi connectivity index (χ4v) is 1.66. The first-order chi connectivity index (χ1) is 7.08. The van der Waals surface area contributed by atoms with E-state index in [0.717, 1.165) is 11.1 Å². The Morgan fingerprint density at radius 3 is 2.67 bits per heavy atom. The third-order valence-corrected chi connectivity index (χ3v) is 2.19. The lowest BCUT2D eigenvalue weighted by molar-refractivity contribution is 0.195. The Balaban J connectivity index is 3.15. The van der Waals surface area contributed by atoms with E-state index in [1.165, 1.54) is 0 Å². The number of nitrogens with zero attached hydrogens (tertiary/aromatic N) is 1. The SMILES string of the molecule is COc1c(C)cc(CC(C)O)cc1C#N. The minimum atomic E-state index is -0.399. The van der Waals surface area contributed by atoms with E-state index in [4.69, 9.17) is 10.00 Å². The molecule has 0 saturated heterocycles. The van der Waals surface area contributed by atoms with Crippen molar-refractivity contribution in [3.8, 4) is 11.8 Å². The molecule has 0 bridgehead atoms. The predicted octanol–water partition coefficient (Wildman–Crippen LogP) is 1.80. The summed E-state index contributed by atoms with van der Waals surface area (Å²) in [5.41, 5.74) is 2.40. The molecule has 0 heterocycles. The molecule has 1 aromatic rings. The molecular weight excluding hydrogens is 190 g/mol. The Morgan fingerprint density at radius 1 is 1.53 bits per heavy atom. The fraction of sp³-hybridized carbons (Fsp3) is 0.417. The zero-order valence-electron chi connectivity index (χ0n) is 9.24. The van der Waals surface area contributed by atoms with Gasteiger partial charge in [-0.2, -0.15) is 5.26 Å². The number of nitriles is 1. The van der Waals surface area contributed by atoms with E-state index in [2.05, 4.69) is 6.07 Å². The van der Waals surface area contributed by atoms with Crippen LogP contribution >= 0.6 is 0 Å². The molecule has 3 heteroatoms. The molecule has 0 fully saturated rings. The molecule has 1 rings (SSSR count). The van der Waals surface area contributed by atoms with Crippen molar-refractivity contribution in [2.24, 2.45) is 0 Å². The molecule has 0 aliphatic heterocycles. The van der Waals surface area contributed by atoms with Crippen LogP contribution in [0.2, 0.25) is 0 Å². The monoisotopic (exact) mass is 205 g/mol. The maximum atomic E-state index is 9.27. The second-order valence-corrected chi connectivity index (χ2v) is 3.66. The highest BCUT2D eigenvalue weighted by Crippen LogP contribution is 2.24. The zero-order valence-corrected chi connectivity index (χ0v) is 9.24. The summed E-state index contributed by atoms with van der Waals surface area (Å²) in [6.07, 6.45) is 0.156. The number of hydrogen-bond acceptors (Lipinski definition) is 3. The van der Waals surface area contributed by atoms with E-state index in [1.807, 2.05) is 13.0 Å². The Hall–Kier alpha value is -1.53. The van der Waals surface area contributed by atoms with Gasteiger partial charge in [-0.1, -0.05) is 6.07 Å². The maximum Gasteiger partial charge on any atom is 0.139 e. The molecule has 0 saturated carbocycles. The number of aryl methyl sites for hydroxylation is 1. The minimum Gasteiger partial charge on any atom is -0.495 e. The number of ether oxygens (including phenoxy) is 1. The average Bonchev–Trinajstić information content (AvgIpc) is 2.15. The Kier molecular flexibility index (Phi) is 3.70. The summed E-state index contributed by atoms with van der Waals surface area (Å²) in [5.74, 6) is 0.617. The summed E-state index contributed by atoms with van der Waals surface area (Å²) in [5, 5.41) is 18.2. The molecule has 1 aromatic carbocycles. The van der Waals surface area contributed by atoms with Gasteiger partial charge in [-0.3, -0.25) is 0 Å². The molecule has 15 heavy (non-hydrogen) atoms. The van der Waals surface area contributed by atoms with Crippen LogP contribution in [-0.4, -0.2) is 18.3 Å². The van der Waals surface area contributed by atoms with Crippen molar-refractivity contribution in [3.05, 3.63) is 28.8 Å². The van der Waals surface area contributed by atoms with Gasteiger partial charge in [0.05, 0.1) is 18.8 Å². The van der Waals surface area contributed by atoms with E-state index in [0.29, 0.717) is 17.7 Å². The van der Waals surface area contributed by atoms with Crippen molar-refractivity contribution in [1.29, 1.82) is 5.26 Å². The van der Waals surface area contributed by atoms with Gasteiger partial charge in [0.1, 0.15) is 11.8 Å². The minimum absolute atomic E-state index is 0.399. The summed E-state index contributed by atoms with van der Waals surface area (Å²) >= 11 is 0. The quantitative estimate of drug-likeness (QED) is 0.818. The first-order valence-electron chi connectivity index (χ1n) is 4.84. The Bertz CT molecular complexity index is 391. The number of aliphatic hydroxyl groups is 1. The van der Waals surface area contributed by atoms with Gasteiger partial charge in [-0.05, 0) is 37.5 Å². The number of methoxy groups -OCH3 is 1. The summed E-state index contributed by atoms with van der Waals surface area (Å²) in [6.45, 7) is 3.62. The lowest BCUT2D eigenvalue weighted by Gasteiger charge is -2.10. The van der Waals surface area contributed by atoms with Crippen LogP contribution in [0.5, 0.6) is 5.75 Å². The normalized spacial score (nSPS) is 11.9. The van der Waals surface area contributed by atoms with Crippen LogP contribution in [-0.2, 0) is 6.42 Å². The summed E-state index contributed by atoms with van der Waals surface area (Å²) < 4.78 is 5.14. The Labute approximate surface area is 89.9 Å². The lowest BCUT2D eigenvalue weighted by atomic mass is 10.0. The standard InChI is InChI=1S/C12H15NO2/c1-8-4-10(5-9(2)14)6-11(7-13)12(8)15-3/h4,6,9,14H,5H2,1-3H3. The van der Waals surface area contributed by atoms with Gasteiger partial charge in [0.2, 0.25) is 0 Å². The first-order valence-corrected chi connectivity index (χ1v) is 4.84. The lowest BCUT2D eigenvalue weighted by Crippen LogP contribution is -2.05. The highest BCUT2D eigenvalue weighted by Gasteiger charge is 2.09. The molecule has 80 valence electrons. The topological polar surface area (TPSA) is 53.2 Å². The Morgan fingerprint density at radius 2 is 2.20 bits per heavy atom. The van der Waals surface area contributed by atoms with Crippen molar-refractivity contribution < 1.29 is 9.84 Å². The third-order valence-electron chi connectivity index (χ3n) is 2.19. The second kappa shape index (κ2) is 4.81. The van der Waals surface area contributed by atoms with E-state index in [1.54, 1.807) is 20.1 Å². The molecule has 1 unspecified atom stereocenters. The smallest absolute Gasteiger partial charge is 0.139 e. The van der Waals surface area contributed by atoms with Crippen molar-refractivity contribution in [2.75, 3.05) is 7.11 Å². The van der Waals surface area contributed by atoms with Crippen LogP contribution in [0.25, 0.3) is 0 Å². The zero-order chi connectivity index (χ0) is 11.4. The molecule has 0 amide bonds. The van der Waals surface area contributed by atoms with Gasteiger partial charge in [-0.25, -0.2) is 0 Å². The van der Waals surface area contributed by atoms with Crippen molar-refractivity contribution >= 4 is 0 Å². The summed E-state index contributed by atoms with van der Waals surface area (Å²) in [6, 6.07) is 5.79. The molecule has 3 nitrogen and oxygen atoms in total. The van der Waals surface area contributed by atoms with Crippen molar-refractivity contribution in [2.45, 2.75) is 26.4 Å². The van der Waals surface area contributed by atoms with Crippen LogP contribution in [0, 0.1) is 18.3 Å². The van der Waals surface area contributed by atoms with E-state index in [9.17, 15) is 5.11 Å². The molecule has 0 radical (unpaired) electrons. The summed E-state index contributed by atoms with van der Waals surface area (Å²) in [7, 11) is 1.55. The van der Waals surface area contributed by atoms with Gasteiger partial charge in [-0.15, -0.1) is 0 Å². The average molecular weight is 205 g/mol. The molecule has 0 aromatic heterocycles. The van der Waals surface area contributed by atoms with Gasteiger partial charge in [0.25, 0.3) is 0 Å². The number of rotatable bonds is 3. The van der Waals surface area contributed by atoms with Crippen molar-refractivity contribution in [3.63, 3.8) is 0 Å². The van der Waals surface area contributed by atoms with Gasteiger partial charge < -0.3 is 9.84 Å². The van der Waals surface area contributed by atoms with E-state index < -0.39 is 6.10 Å². The number of benzene rings is 1. The highest BCUT2D eigenvalue weighted by molar-refractivity contribution is 5.50. The van der Waals surface area contributed by atoms with Crippen LogP contribution in [0.4, 0.5) is 0 Å². The third kappa shape index (κ3) is 2.71. The van der Waals surface area contributed by atoms with Crippen molar-refractivity contribution in [1.82, 2.24) is 0 Å². The largest absolute Gasteiger partial charge is 0.495 e. The second-order valence-electron chi connectivity index (χ2n) is 3.66.